The summed E-state index contributed by atoms with van der Waals surface area (Å²) in [6.07, 6.45) is 5.32. The quantitative estimate of drug-likeness (QED) is 0.742. The van der Waals surface area contributed by atoms with E-state index in [2.05, 4.69) is 41.5 Å². The lowest BCUT2D eigenvalue weighted by molar-refractivity contribution is 0.364. The van der Waals surface area contributed by atoms with Gasteiger partial charge in [0, 0.05) is 22.6 Å². The maximum atomic E-state index is 5.51. The van der Waals surface area contributed by atoms with Crippen LogP contribution < -0.4 is 5.32 Å². The molecular formula is C18H20N2O. The maximum Gasteiger partial charge on any atom is 0.120 e. The number of rotatable bonds is 3. The van der Waals surface area contributed by atoms with Gasteiger partial charge in [-0.3, -0.25) is 5.32 Å². The number of nitrogens with one attached hydrogen (secondary N) is 2. The van der Waals surface area contributed by atoms with Gasteiger partial charge in [0.15, 0.2) is 0 Å². The van der Waals surface area contributed by atoms with Gasteiger partial charge in [0.2, 0.25) is 0 Å². The van der Waals surface area contributed by atoms with E-state index in [0.717, 1.165) is 5.76 Å². The molecule has 3 heteroatoms. The molecule has 1 unspecified atom stereocenters. The summed E-state index contributed by atoms with van der Waals surface area (Å²) < 4.78 is 5.51. The molecule has 0 fully saturated rings. The van der Waals surface area contributed by atoms with Crippen LogP contribution in [-0.2, 0) is 6.42 Å². The molecule has 2 aromatic heterocycles. The van der Waals surface area contributed by atoms with Crippen molar-refractivity contribution in [1.29, 1.82) is 0 Å². The normalized spacial score (nSPS) is 19.6. The Morgan fingerprint density at radius 3 is 3.00 bits per heavy atom. The number of benzene rings is 1. The molecule has 2 atom stereocenters. The van der Waals surface area contributed by atoms with Crippen LogP contribution >= 0.6 is 0 Å². The number of H-pyrrole nitrogens is 1. The van der Waals surface area contributed by atoms with Crippen LogP contribution in [0.25, 0.3) is 10.9 Å². The molecule has 0 bridgehead atoms. The minimum atomic E-state index is 0.224. The topological polar surface area (TPSA) is 41.0 Å². The number of hydrogen-bond acceptors (Lipinski definition) is 2. The first-order valence-electron chi connectivity index (χ1n) is 7.72. The second-order valence-electron chi connectivity index (χ2n) is 5.91. The van der Waals surface area contributed by atoms with E-state index in [0.29, 0.717) is 6.04 Å². The van der Waals surface area contributed by atoms with Crippen molar-refractivity contribution in [3.05, 3.63) is 59.7 Å². The van der Waals surface area contributed by atoms with Crippen molar-refractivity contribution in [3.8, 4) is 0 Å². The molecule has 0 saturated carbocycles. The van der Waals surface area contributed by atoms with E-state index in [9.17, 15) is 0 Å². The Labute approximate surface area is 124 Å². The molecule has 1 aromatic carbocycles. The van der Waals surface area contributed by atoms with Gasteiger partial charge in [-0.2, -0.15) is 0 Å². The molecule has 3 nitrogen and oxygen atoms in total. The highest BCUT2D eigenvalue weighted by atomic mass is 16.3. The fraction of sp³-hybridized carbons (Fsp3) is 0.333. The zero-order valence-electron chi connectivity index (χ0n) is 12.2. The summed E-state index contributed by atoms with van der Waals surface area (Å²) >= 11 is 0. The summed E-state index contributed by atoms with van der Waals surface area (Å²) in [6, 6.07) is 13.2. The first-order chi connectivity index (χ1) is 10.3. The van der Waals surface area contributed by atoms with Crippen LogP contribution in [-0.4, -0.2) is 4.98 Å². The monoisotopic (exact) mass is 280 g/mol. The highest BCUT2D eigenvalue weighted by Gasteiger charge is 2.25. The molecule has 0 radical (unpaired) electrons. The lowest BCUT2D eigenvalue weighted by atomic mass is 9.91. The molecule has 0 spiro atoms. The molecule has 1 aliphatic carbocycles. The highest BCUT2D eigenvalue weighted by Crippen LogP contribution is 2.35. The lowest BCUT2D eigenvalue weighted by Gasteiger charge is -2.26. The lowest BCUT2D eigenvalue weighted by Crippen LogP contribution is -2.27. The smallest absolute Gasteiger partial charge is 0.120 e. The summed E-state index contributed by atoms with van der Waals surface area (Å²) in [5, 5.41) is 5.09. The second-order valence-corrected chi connectivity index (χ2v) is 5.91. The average molecular weight is 280 g/mol. The fourth-order valence-corrected chi connectivity index (χ4v) is 3.50. The Balaban J connectivity index is 1.67. The van der Waals surface area contributed by atoms with Crippen LogP contribution in [0.2, 0.25) is 0 Å². The second kappa shape index (κ2) is 5.08. The van der Waals surface area contributed by atoms with E-state index < -0.39 is 0 Å². The average Bonchev–Trinajstić information content (AvgIpc) is 3.15. The zero-order valence-corrected chi connectivity index (χ0v) is 12.2. The van der Waals surface area contributed by atoms with Crippen molar-refractivity contribution in [2.45, 2.75) is 38.3 Å². The third-order valence-corrected chi connectivity index (χ3v) is 4.54. The Kier molecular flexibility index (Phi) is 3.08. The first kappa shape index (κ1) is 12.7. The van der Waals surface area contributed by atoms with Crippen molar-refractivity contribution < 1.29 is 4.42 Å². The molecule has 2 heterocycles. The Bertz CT molecular complexity index is 742. The largest absolute Gasteiger partial charge is 0.468 e. The van der Waals surface area contributed by atoms with Crippen molar-refractivity contribution >= 4 is 10.9 Å². The van der Waals surface area contributed by atoms with Crippen molar-refractivity contribution in [1.82, 2.24) is 10.3 Å². The maximum absolute atomic E-state index is 5.51. The highest BCUT2D eigenvalue weighted by molar-refractivity contribution is 5.85. The van der Waals surface area contributed by atoms with Crippen molar-refractivity contribution in [3.63, 3.8) is 0 Å². The number of aromatic amines is 1. The van der Waals surface area contributed by atoms with Crippen LogP contribution in [0.15, 0.2) is 47.1 Å². The molecule has 2 N–H and O–H groups in total. The molecule has 4 rings (SSSR count). The van der Waals surface area contributed by atoms with E-state index in [1.165, 1.54) is 41.4 Å². The van der Waals surface area contributed by atoms with Gasteiger partial charge in [0.05, 0.1) is 12.3 Å². The molecule has 21 heavy (non-hydrogen) atoms. The minimum absolute atomic E-state index is 0.224. The van der Waals surface area contributed by atoms with Gasteiger partial charge in [-0.25, -0.2) is 0 Å². The van der Waals surface area contributed by atoms with Crippen molar-refractivity contribution in [2.75, 3.05) is 0 Å². The van der Waals surface area contributed by atoms with Crippen LogP contribution in [0, 0.1) is 0 Å². The van der Waals surface area contributed by atoms with Gasteiger partial charge in [0.25, 0.3) is 0 Å². The van der Waals surface area contributed by atoms with Gasteiger partial charge in [-0.05, 0) is 49.9 Å². The standard InChI is InChI=1S/C18H20N2O/c1-12(17-10-5-11-21-17)19-16-9-4-7-14-13-6-2-3-8-15(13)20-18(14)16/h2-3,5-6,8,10-12,16,19-20H,4,7,9H2,1H3/t12-,16?/m0/s1. The molecule has 3 aromatic rings. The number of aryl methyl sites for hydroxylation is 1. The number of furan rings is 1. The van der Waals surface area contributed by atoms with Crippen LogP contribution in [0.1, 0.15) is 48.9 Å². The Morgan fingerprint density at radius 1 is 1.24 bits per heavy atom. The number of hydrogen-bond donors (Lipinski definition) is 2. The summed E-state index contributed by atoms with van der Waals surface area (Å²) in [5.74, 6) is 0.998. The van der Waals surface area contributed by atoms with Gasteiger partial charge < -0.3 is 9.40 Å². The van der Waals surface area contributed by atoms with E-state index in [1.807, 2.05) is 12.1 Å². The molecule has 108 valence electrons. The Hall–Kier alpha value is -2.00. The molecule has 1 aliphatic rings. The number of aromatic nitrogens is 1. The third-order valence-electron chi connectivity index (χ3n) is 4.54. The molecular weight excluding hydrogens is 260 g/mol. The van der Waals surface area contributed by atoms with E-state index in [4.69, 9.17) is 4.42 Å². The predicted octanol–water partition coefficient (Wildman–Crippen LogP) is 4.49. The van der Waals surface area contributed by atoms with Crippen LogP contribution in [0.3, 0.4) is 0 Å². The van der Waals surface area contributed by atoms with Gasteiger partial charge in [0.1, 0.15) is 5.76 Å². The van der Waals surface area contributed by atoms with Gasteiger partial charge >= 0.3 is 0 Å². The Morgan fingerprint density at radius 2 is 2.14 bits per heavy atom. The summed E-state index contributed by atoms with van der Waals surface area (Å²) in [7, 11) is 0. The molecule has 0 amide bonds. The predicted molar refractivity (Wildman–Crippen MR) is 84.2 cm³/mol. The number of para-hydroxylation sites is 1. The van der Waals surface area contributed by atoms with Gasteiger partial charge in [-0.15, -0.1) is 0 Å². The molecule has 0 aliphatic heterocycles. The SMILES string of the molecule is C[C@H](NC1CCCc2c1[nH]c1ccccc21)c1ccco1. The minimum Gasteiger partial charge on any atom is -0.468 e. The summed E-state index contributed by atoms with van der Waals surface area (Å²) in [6.45, 7) is 2.16. The van der Waals surface area contributed by atoms with Crippen molar-refractivity contribution in [2.24, 2.45) is 0 Å². The summed E-state index contributed by atoms with van der Waals surface area (Å²) in [5.41, 5.74) is 4.10. The first-order valence-corrected chi connectivity index (χ1v) is 7.72. The molecule has 0 saturated heterocycles. The number of fused-ring (bicyclic) bond motifs is 3. The van der Waals surface area contributed by atoms with Crippen LogP contribution in [0.4, 0.5) is 0 Å². The van der Waals surface area contributed by atoms with Crippen LogP contribution in [0.5, 0.6) is 0 Å². The van der Waals surface area contributed by atoms with E-state index >= 15 is 0 Å². The van der Waals surface area contributed by atoms with E-state index in [1.54, 1.807) is 6.26 Å². The van der Waals surface area contributed by atoms with Gasteiger partial charge in [-0.1, -0.05) is 18.2 Å². The van der Waals surface area contributed by atoms with E-state index in [-0.39, 0.29) is 6.04 Å². The fourth-order valence-electron chi connectivity index (χ4n) is 3.50. The summed E-state index contributed by atoms with van der Waals surface area (Å²) in [4.78, 5) is 3.62. The zero-order chi connectivity index (χ0) is 14.2. The third kappa shape index (κ3) is 2.18.